The van der Waals surface area contributed by atoms with Crippen molar-refractivity contribution in [2.24, 2.45) is 0 Å². The summed E-state index contributed by atoms with van der Waals surface area (Å²) >= 11 is 5.18. The number of benzene rings is 1. The lowest BCUT2D eigenvalue weighted by Gasteiger charge is -2.03. The molecular formula is C12H11BrN2S. The quantitative estimate of drug-likeness (QED) is 0.635. The van der Waals surface area contributed by atoms with E-state index in [9.17, 15) is 0 Å². The average molecular weight is 295 g/mol. The summed E-state index contributed by atoms with van der Waals surface area (Å²) in [6.45, 7) is 1.98. The van der Waals surface area contributed by atoms with Crippen molar-refractivity contribution < 1.29 is 0 Å². The van der Waals surface area contributed by atoms with E-state index in [1.165, 1.54) is 5.56 Å². The zero-order chi connectivity index (χ0) is 11.4. The van der Waals surface area contributed by atoms with Crippen LogP contribution in [0.5, 0.6) is 0 Å². The van der Waals surface area contributed by atoms with Crippen molar-refractivity contribution >= 4 is 27.7 Å². The van der Waals surface area contributed by atoms with Gasteiger partial charge in [0.2, 0.25) is 0 Å². The summed E-state index contributed by atoms with van der Waals surface area (Å²) in [5.74, 6) is 0.880. The number of aromatic nitrogens is 2. The largest absolute Gasteiger partial charge is 0.231 e. The van der Waals surface area contributed by atoms with Crippen LogP contribution in [0.1, 0.15) is 11.3 Å². The molecule has 0 bridgehead atoms. The van der Waals surface area contributed by atoms with Crippen LogP contribution in [0.2, 0.25) is 0 Å². The molecular weight excluding hydrogens is 284 g/mol. The van der Waals surface area contributed by atoms with Crippen LogP contribution in [0.15, 0.2) is 46.2 Å². The molecule has 0 atom stereocenters. The highest BCUT2D eigenvalue weighted by Crippen LogP contribution is 2.24. The van der Waals surface area contributed by atoms with Crippen LogP contribution in [0.3, 0.4) is 0 Å². The number of rotatable bonds is 3. The molecule has 4 heteroatoms. The molecule has 1 aromatic heterocycles. The Morgan fingerprint density at radius 2 is 2.06 bits per heavy atom. The predicted molar refractivity (Wildman–Crippen MR) is 70.5 cm³/mol. The van der Waals surface area contributed by atoms with E-state index in [2.05, 4.69) is 32.0 Å². The van der Waals surface area contributed by atoms with Gasteiger partial charge in [-0.3, -0.25) is 0 Å². The molecule has 0 N–H and O–H groups in total. The lowest BCUT2D eigenvalue weighted by molar-refractivity contribution is 0.932. The average Bonchev–Trinajstić information content (AvgIpc) is 2.28. The third-order valence-electron chi connectivity index (χ3n) is 2.09. The van der Waals surface area contributed by atoms with Gasteiger partial charge in [0.05, 0.1) is 0 Å². The van der Waals surface area contributed by atoms with Gasteiger partial charge >= 0.3 is 0 Å². The second-order valence-corrected chi connectivity index (χ2v) is 5.16. The first-order valence-electron chi connectivity index (χ1n) is 4.91. The molecule has 0 saturated carbocycles. The number of hydrogen-bond acceptors (Lipinski definition) is 3. The molecule has 0 unspecified atom stereocenters. The van der Waals surface area contributed by atoms with Crippen molar-refractivity contribution in [1.29, 1.82) is 0 Å². The minimum absolute atomic E-state index is 0.829. The van der Waals surface area contributed by atoms with Gasteiger partial charge in [-0.1, -0.05) is 45.9 Å². The Hall–Kier alpha value is -0.870. The Balaban J connectivity index is 2.05. The molecule has 0 spiro atoms. The summed E-state index contributed by atoms with van der Waals surface area (Å²) in [5.41, 5.74) is 2.27. The highest BCUT2D eigenvalue weighted by molar-refractivity contribution is 9.10. The normalized spacial score (nSPS) is 10.4. The highest BCUT2D eigenvalue weighted by atomic mass is 79.9. The number of halogens is 1. The zero-order valence-electron chi connectivity index (χ0n) is 8.85. The maximum atomic E-state index is 4.35. The van der Waals surface area contributed by atoms with Crippen LogP contribution in [0.25, 0.3) is 0 Å². The van der Waals surface area contributed by atoms with Crippen LogP contribution in [-0.2, 0) is 5.75 Å². The van der Waals surface area contributed by atoms with Crippen LogP contribution >= 0.6 is 27.7 Å². The second-order valence-electron chi connectivity index (χ2n) is 3.36. The molecule has 0 aliphatic heterocycles. The van der Waals surface area contributed by atoms with Gasteiger partial charge in [0.25, 0.3) is 0 Å². The summed E-state index contributed by atoms with van der Waals surface area (Å²) < 4.78 is 1.13. The molecule has 0 saturated heterocycles. The van der Waals surface area contributed by atoms with Crippen LogP contribution in [-0.4, -0.2) is 9.97 Å². The number of hydrogen-bond donors (Lipinski definition) is 0. The smallest absolute Gasteiger partial charge is 0.188 e. The molecule has 0 aliphatic rings. The fourth-order valence-corrected chi connectivity index (χ4v) is 2.74. The van der Waals surface area contributed by atoms with Gasteiger partial charge in [0, 0.05) is 22.1 Å². The number of thioether (sulfide) groups is 1. The van der Waals surface area contributed by atoms with E-state index < -0.39 is 0 Å². The van der Waals surface area contributed by atoms with Crippen molar-refractivity contribution in [1.82, 2.24) is 9.97 Å². The van der Waals surface area contributed by atoms with Gasteiger partial charge in [-0.2, -0.15) is 0 Å². The van der Waals surface area contributed by atoms with E-state index in [0.717, 1.165) is 21.1 Å². The Morgan fingerprint density at radius 3 is 2.81 bits per heavy atom. The fraction of sp³-hybridized carbons (Fsp3) is 0.167. The molecule has 0 aliphatic carbocycles. The van der Waals surface area contributed by atoms with Gasteiger partial charge in [-0.25, -0.2) is 9.97 Å². The lowest BCUT2D eigenvalue weighted by Crippen LogP contribution is -1.89. The van der Waals surface area contributed by atoms with E-state index in [0.29, 0.717) is 0 Å². The van der Waals surface area contributed by atoms with Crippen molar-refractivity contribution in [3.05, 3.63) is 52.3 Å². The summed E-state index contributed by atoms with van der Waals surface area (Å²) in [5, 5.41) is 0.829. The second kappa shape index (κ2) is 5.46. The Bertz CT molecular complexity index is 488. The maximum absolute atomic E-state index is 4.35. The first-order valence-corrected chi connectivity index (χ1v) is 6.69. The van der Waals surface area contributed by atoms with E-state index in [-0.39, 0.29) is 0 Å². The Kier molecular flexibility index (Phi) is 3.96. The molecule has 1 heterocycles. The van der Waals surface area contributed by atoms with Crippen molar-refractivity contribution in [3.8, 4) is 0 Å². The molecule has 2 nitrogen and oxygen atoms in total. The molecule has 2 rings (SSSR count). The minimum Gasteiger partial charge on any atom is -0.231 e. The molecule has 0 fully saturated rings. The maximum Gasteiger partial charge on any atom is 0.188 e. The third kappa shape index (κ3) is 3.06. The fourth-order valence-electron chi connectivity index (χ4n) is 1.25. The van der Waals surface area contributed by atoms with E-state index >= 15 is 0 Å². The molecule has 82 valence electrons. The predicted octanol–water partition coefficient (Wildman–Crippen LogP) is 3.84. The molecule has 0 radical (unpaired) electrons. The Morgan fingerprint density at radius 1 is 1.25 bits per heavy atom. The van der Waals surface area contributed by atoms with Crippen LogP contribution in [0.4, 0.5) is 0 Å². The monoisotopic (exact) mass is 294 g/mol. The standard InChI is InChI=1S/C12H11BrN2S/c1-9-6-7-14-12(15-9)16-8-10-4-2-3-5-11(10)13/h2-7H,8H2,1H3. The van der Waals surface area contributed by atoms with E-state index in [1.807, 2.05) is 31.2 Å². The third-order valence-corrected chi connectivity index (χ3v) is 3.77. The lowest BCUT2D eigenvalue weighted by atomic mass is 10.2. The summed E-state index contributed by atoms with van der Waals surface area (Å²) in [6, 6.07) is 10.1. The highest BCUT2D eigenvalue weighted by Gasteiger charge is 2.02. The minimum atomic E-state index is 0.829. The first kappa shape index (κ1) is 11.6. The molecule has 16 heavy (non-hydrogen) atoms. The van der Waals surface area contributed by atoms with Gasteiger partial charge in [0.1, 0.15) is 0 Å². The number of nitrogens with zero attached hydrogens (tertiary/aromatic N) is 2. The van der Waals surface area contributed by atoms with Gasteiger partial charge in [0.15, 0.2) is 5.16 Å². The number of aryl methyl sites for hydroxylation is 1. The topological polar surface area (TPSA) is 25.8 Å². The summed E-state index contributed by atoms with van der Waals surface area (Å²) in [7, 11) is 0. The Labute approximate surface area is 108 Å². The van der Waals surface area contributed by atoms with Crippen molar-refractivity contribution in [2.75, 3.05) is 0 Å². The van der Waals surface area contributed by atoms with Crippen molar-refractivity contribution in [2.45, 2.75) is 17.8 Å². The van der Waals surface area contributed by atoms with Gasteiger partial charge < -0.3 is 0 Å². The zero-order valence-corrected chi connectivity index (χ0v) is 11.3. The van der Waals surface area contributed by atoms with E-state index in [4.69, 9.17) is 0 Å². The van der Waals surface area contributed by atoms with E-state index in [1.54, 1.807) is 18.0 Å². The molecule has 0 amide bonds. The summed E-state index contributed by atoms with van der Waals surface area (Å²) in [4.78, 5) is 8.58. The first-order chi connectivity index (χ1) is 7.75. The van der Waals surface area contributed by atoms with Crippen LogP contribution in [0, 0.1) is 6.92 Å². The SMILES string of the molecule is Cc1ccnc(SCc2ccccc2Br)n1. The summed E-state index contributed by atoms with van der Waals surface area (Å²) in [6.07, 6.45) is 1.80. The van der Waals surface area contributed by atoms with Gasteiger partial charge in [-0.15, -0.1) is 0 Å². The van der Waals surface area contributed by atoms with Crippen molar-refractivity contribution in [3.63, 3.8) is 0 Å². The molecule has 1 aromatic carbocycles. The molecule has 2 aromatic rings. The van der Waals surface area contributed by atoms with Crippen LogP contribution < -0.4 is 0 Å². The van der Waals surface area contributed by atoms with Gasteiger partial charge in [-0.05, 0) is 24.6 Å².